The van der Waals surface area contributed by atoms with Gasteiger partial charge < -0.3 is 19.5 Å². The third kappa shape index (κ3) is 7.24. The Labute approximate surface area is 204 Å². The maximum atomic E-state index is 13.3. The Kier molecular flexibility index (Phi) is 9.97. The molecule has 1 amide bonds. The molecule has 2 aromatic carbocycles. The summed E-state index contributed by atoms with van der Waals surface area (Å²) in [6.45, 7) is 8.39. The quantitative estimate of drug-likeness (QED) is 0.301. The van der Waals surface area contributed by atoms with Crippen molar-refractivity contribution in [2.45, 2.75) is 71.1 Å². The number of carbonyl (C=O) groups excluding carboxylic acids is 2. The van der Waals surface area contributed by atoms with Gasteiger partial charge in [0.2, 0.25) is 5.91 Å². The van der Waals surface area contributed by atoms with Gasteiger partial charge in [0.1, 0.15) is 11.5 Å². The predicted molar refractivity (Wildman–Crippen MR) is 136 cm³/mol. The molecule has 1 atom stereocenters. The molecule has 0 aliphatic heterocycles. The summed E-state index contributed by atoms with van der Waals surface area (Å²) < 4.78 is 15.8. The van der Waals surface area contributed by atoms with E-state index < -0.39 is 5.97 Å². The fourth-order valence-electron chi connectivity index (χ4n) is 4.14. The number of carbonyl (C=O) groups is 2. The highest BCUT2D eigenvalue weighted by Crippen LogP contribution is 2.36. The van der Waals surface area contributed by atoms with Crippen molar-refractivity contribution in [3.05, 3.63) is 53.1 Å². The molecule has 0 fully saturated rings. The Bertz CT molecular complexity index is 977. The predicted octanol–water partition coefficient (Wildman–Crippen LogP) is 6.48. The van der Waals surface area contributed by atoms with Crippen LogP contribution in [-0.4, -0.2) is 33.2 Å². The van der Waals surface area contributed by atoms with E-state index in [0.717, 1.165) is 42.6 Å². The molecule has 0 bridgehead atoms. The van der Waals surface area contributed by atoms with E-state index in [1.54, 1.807) is 26.4 Å². The average molecular weight is 470 g/mol. The lowest BCUT2D eigenvalue weighted by molar-refractivity contribution is -0.116. The van der Waals surface area contributed by atoms with Gasteiger partial charge in [-0.2, -0.15) is 0 Å². The summed E-state index contributed by atoms with van der Waals surface area (Å²) in [6.07, 6.45) is 4.41. The third-order valence-corrected chi connectivity index (χ3v) is 5.99. The lowest BCUT2D eigenvalue weighted by Gasteiger charge is -2.25. The minimum atomic E-state index is -0.434. The molecule has 1 unspecified atom stereocenters. The van der Waals surface area contributed by atoms with Crippen LogP contribution >= 0.6 is 0 Å². The number of ether oxygens (including phenoxy) is 3. The van der Waals surface area contributed by atoms with E-state index >= 15 is 0 Å². The minimum Gasteiger partial charge on any atom is -0.497 e. The van der Waals surface area contributed by atoms with Crippen molar-refractivity contribution >= 4 is 17.6 Å². The number of hydrogen-bond acceptors (Lipinski definition) is 5. The van der Waals surface area contributed by atoms with Crippen LogP contribution in [0.3, 0.4) is 0 Å². The lowest BCUT2D eigenvalue weighted by Crippen LogP contribution is -2.21. The van der Waals surface area contributed by atoms with Gasteiger partial charge in [0.15, 0.2) is 0 Å². The standard InChI is InChI=1S/C28H39NO5/c1-8-9-10-11-19(22-14-13-21(32-5)18-25(22)33-6)17-26(30)29-24-16-20(27(31)34-7)12-15-23(24)28(2,3)4/h12-16,18-19H,8-11,17H2,1-7H3,(H,29,30). The molecule has 0 aliphatic carbocycles. The fourth-order valence-corrected chi connectivity index (χ4v) is 4.14. The highest BCUT2D eigenvalue weighted by molar-refractivity contribution is 5.96. The summed E-state index contributed by atoms with van der Waals surface area (Å²) >= 11 is 0. The molecule has 0 aliphatic rings. The van der Waals surface area contributed by atoms with Crippen molar-refractivity contribution in [1.29, 1.82) is 0 Å². The van der Waals surface area contributed by atoms with Crippen molar-refractivity contribution in [3.63, 3.8) is 0 Å². The highest BCUT2D eigenvalue weighted by atomic mass is 16.5. The zero-order valence-electron chi connectivity index (χ0n) is 21.6. The molecular formula is C28H39NO5. The average Bonchev–Trinajstić information content (AvgIpc) is 2.81. The Balaban J connectivity index is 2.35. The molecule has 186 valence electrons. The zero-order chi connectivity index (χ0) is 25.3. The normalized spacial score (nSPS) is 12.1. The van der Waals surface area contributed by atoms with E-state index in [4.69, 9.17) is 14.2 Å². The summed E-state index contributed by atoms with van der Waals surface area (Å²) in [6, 6.07) is 11.1. The van der Waals surface area contributed by atoms with E-state index in [0.29, 0.717) is 23.4 Å². The molecule has 6 nitrogen and oxygen atoms in total. The van der Waals surface area contributed by atoms with Crippen molar-refractivity contribution in [3.8, 4) is 11.5 Å². The highest BCUT2D eigenvalue weighted by Gasteiger charge is 2.24. The van der Waals surface area contributed by atoms with Gasteiger partial charge in [0, 0.05) is 18.2 Å². The van der Waals surface area contributed by atoms with Crippen molar-refractivity contribution in [1.82, 2.24) is 0 Å². The summed E-state index contributed by atoms with van der Waals surface area (Å²) in [5.74, 6) is 0.890. The minimum absolute atomic E-state index is 0.00529. The Hall–Kier alpha value is -3.02. The largest absolute Gasteiger partial charge is 0.497 e. The molecule has 6 heteroatoms. The van der Waals surface area contributed by atoms with Crippen molar-refractivity contribution in [2.24, 2.45) is 0 Å². The first-order valence-electron chi connectivity index (χ1n) is 11.9. The fraction of sp³-hybridized carbons (Fsp3) is 0.500. The molecule has 2 aromatic rings. The maximum Gasteiger partial charge on any atom is 0.337 e. The smallest absolute Gasteiger partial charge is 0.337 e. The molecule has 0 spiro atoms. The summed E-state index contributed by atoms with van der Waals surface area (Å²) in [5, 5.41) is 3.07. The van der Waals surface area contributed by atoms with E-state index in [1.165, 1.54) is 7.11 Å². The zero-order valence-corrected chi connectivity index (χ0v) is 21.6. The number of hydrogen-bond donors (Lipinski definition) is 1. The molecular weight excluding hydrogens is 430 g/mol. The van der Waals surface area contributed by atoms with Crippen LogP contribution in [0, 0.1) is 0 Å². The number of benzene rings is 2. The van der Waals surface area contributed by atoms with E-state index in [2.05, 4.69) is 33.0 Å². The topological polar surface area (TPSA) is 73.9 Å². The first kappa shape index (κ1) is 27.2. The number of anilines is 1. The number of rotatable bonds is 11. The van der Waals surface area contributed by atoms with Gasteiger partial charge >= 0.3 is 5.97 Å². The number of unbranched alkanes of at least 4 members (excludes halogenated alkanes) is 2. The molecule has 34 heavy (non-hydrogen) atoms. The summed E-state index contributed by atoms with van der Waals surface area (Å²) in [7, 11) is 4.60. The molecule has 0 heterocycles. The number of nitrogens with one attached hydrogen (secondary N) is 1. The molecule has 0 radical (unpaired) electrons. The van der Waals surface area contributed by atoms with Gasteiger partial charge in [-0.3, -0.25) is 4.79 Å². The van der Waals surface area contributed by atoms with Crippen molar-refractivity contribution < 1.29 is 23.8 Å². The number of methoxy groups -OCH3 is 3. The number of esters is 1. The number of amides is 1. The molecule has 1 N–H and O–H groups in total. The second kappa shape index (κ2) is 12.4. The van der Waals surface area contributed by atoms with Crippen LogP contribution in [0.15, 0.2) is 36.4 Å². The van der Waals surface area contributed by atoms with E-state index in [9.17, 15) is 9.59 Å². The van der Waals surface area contributed by atoms with Crippen LogP contribution in [0.1, 0.15) is 87.2 Å². The third-order valence-electron chi connectivity index (χ3n) is 5.99. The second-order valence-electron chi connectivity index (χ2n) is 9.55. The Morgan fingerprint density at radius 3 is 2.29 bits per heavy atom. The van der Waals surface area contributed by atoms with Gasteiger partial charge in [-0.05, 0) is 47.1 Å². The van der Waals surface area contributed by atoms with Crippen LogP contribution < -0.4 is 14.8 Å². The molecule has 0 saturated heterocycles. The van der Waals surface area contributed by atoms with Crippen molar-refractivity contribution in [2.75, 3.05) is 26.6 Å². The van der Waals surface area contributed by atoms with Gasteiger partial charge in [0.25, 0.3) is 0 Å². The van der Waals surface area contributed by atoms with Crippen LogP contribution in [-0.2, 0) is 14.9 Å². The van der Waals surface area contributed by atoms with Gasteiger partial charge in [-0.25, -0.2) is 4.79 Å². The van der Waals surface area contributed by atoms with Gasteiger partial charge in [-0.15, -0.1) is 0 Å². The SMILES string of the molecule is CCCCCC(CC(=O)Nc1cc(C(=O)OC)ccc1C(C)(C)C)c1ccc(OC)cc1OC. The Morgan fingerprint density at radius 2 is 1.71 bits per heavy atom. The molecule has 0 saturated carbocycles. The van der Waals surface area contributed by atoms with Crippen LogP contribution in [0.2, 0.25) is 0 Å². The second-order valence-corrected chi connectivity index (χ2v) is 9.55. The lowest BCUT2D eigenvalue weighted by atomic mass is 9.85. The van der Waals surface area contributed by atoms with Gasteiger partial charge in [0.05, 0.1) is 26.9 Å². The van der Waals surface area contributed by atoms with E-state index in [1.807, 2.05) is 24.3 Å². The monoisotopic (exact) mass is 469 g/mol. The summed E-state index contributed by atoms with van der Waals surface area (Å²) in [4.78, 5) is 25.4. The first-order valence-corrected chi connectivity index (χ1v) is 11.9. The maximum absolute atomic E-state index is 13.3. The van der Waals surface area contributed by atoms with Crippen LogP contribution in [0.5, 0.6) is 11.5 Å². The van der Waals surface area contributed by atoms with Crippen LogP contribution in [0.4, 0.5) is 5.69 Å². The van der Waals surface area contributed by atoms with Crippen LogP contribution in [0.25, 0.3) is 0 Å². The first-order chi connectivity index (χ1) is 16.1. The van der Waals surface area contributed by atoms with Gasteiger partial charge in [-0.1, -0.05) is 59.1 Å². The Morgan fingerprint density at radius 1 is 0.971 bits per heavy atom. The van der Waals surface area contributed by atoms with E-state index in [-0.39, 0.29) is 17.2 Å². The summed E-state index contributed by atoms with van der Waals surface area (Å²) in [5.41, 5.74) is 2.78. The molecule has 2 rings (SSSR count). The molecule has 0 aromatic heterocycles.